The molecule has 1 saturated heterocycles. The van der Waals surface area contributed by atoms with Crippen molar-refractivity contribution in [3.05, 3.63) is 0 Å². The normalized spacial score (nSPS) is 18.7. The zero-order chi connectivity index (χ0) is 9.84. The zero-order valence-electron chi connectivity index (χ0n) is 7.82. The van der Waals surface area contributed by atoms with Crippen LogP contribution in [0.1, 0.15) is 26.2 Å². The summed E-state index contributed by atoms with van der Waals surface area (Å²) in [5, 5.41) is 8.60. The fourth-order valence-electron chi connectivity index (χ4n) is 1.44. The van der Waals surface area contributed by atoms with Crippen LogP contribution in [0.15, 0.2) is 0 Å². The average molecular weight is 185 g/mol. The zero-order valence-corrected chi connectivity index (χ0v) is 7.82. The van der Waals surface area contributed by atoms with Crippen LogP contribution in [0, 0.1) is 5.92 Å². The van der Waals surface area contributed by atoms with Gasteiger partial charge >= 0.3 is 5.97 Å². The Bertz CT molecular complexity index is 209. The molecule has 0 aliphatic carbocycles. The van der Waals surface area contributed by atoms with Crippen LogP contribution < -0.4 is 0 Å². The molecule has 1 aliphatic rings. The smallest absolute Gasteiger partial charge is 0.306 e. The van der Waals surface area contributed by atoms with Crippen molar-refractivity contribution in [3.63, 3.8) is 0 Å². The number of rotatable bonds is 3. The molecule has 1 N–H and O–H groups in total. The lowest BCUT2D eigenvalue weighted by Crippen LogP contribution is -2.30. The molecule has 74 valence electrons. The van der Waals surface area contributed by atoms with E-state index < -0.39 is 11.9 Å². The predicted molar refractivity (Wildman–Crippen MR) is 47.2 cm³/mol. The van der Waals surface area contributed by atoms with Crippen molar-refractivity contribution in [1.29, 1.82) is 0 Å². The van der Waals surface area contributed by atoms with Crippen molar-refractivity contribution < 1.29 is 14.7 Å². The summed E-state index contributed by atoms with van der Waals surface area (Å²) in [4.78, 5) is 23.7. The molecule has 0 saturated carbocycles. The highest BCUT2D eigenvalue weighted by Crippen LogP contribution is 2.12. The first-order chi connectivity index (χ1) is 6.11. The van der Waals surface area contributed by atoms with Crippen molar-refractivity contribution >= 4 is 11.9 Å². The second-order valence-corrected chi connectivity index (χ2v) is 3.53. The molecule has 13 heavy (non-hydrogen) atoms. The van der Waals surface area contributed by atoms with Crippen LogP contribution in [0.4, 0.5) is 0 Å². The predicted octanol–water partition coefficient (Wildman–Crippen LogP) is 0.720. The van der Waals surface area contributed by atoms with E-state index in [0.29, 0.717) is 0 Å². The SMILES string of the molecule is CC(CC(=O)N1CCCC1)C(=O)O. The van der Waals surface area contributed by atoms with Crippen molar-refractivity contribution in [2.45, 2.75) is 26.2 Å². The van der Waals surface area contributed by atoms with Crippen molar-refractivity contribution in [2.24, 2.45) is 5.92 Å². The van der Waals surface area contributed by atoms with Gasteiger partial charge in [0, 0.05) is 19.5 Å². The number of carboxylic acid groups (broad SMARTS) is 1. The molecule has 1 unspecified atom stereocenters. The molecular formula is C9H15NO3. The summed E-state index contributed by atoms with van der Waals surface area (Å²) >= 11 is 0. The molecule has 4 nitrogen and oxygen atoms in total. The Morgan fingerprint density at radius 1 is 1.38 bits per heavy atom. The van der Waals surface area contributed by atoms with Gasteiger partial charge in [-0.25, -0.2) is 0 Å². The fraction of sp³-hybridized carbons (Fsp3) is 0.778. The molecule has 1 amide bonds. The van der Waals surface area contributed by atoms with E-state index in [1.165, 1.54) is 0 Å². The molecule has 0 bridgehead atoms. The summed E-state index contributed by atoms with van der Waals surface area (Å²) in [6.45, 7) is 3.16. The third-order valence-electron chi connectivity index (χ3n) is 2.36. The van der Waals surface area contributed by atoms with E-state index in [4.69, 9.17) is 5.11 Å². The Morgan fingerprint density at radius 2 is 1.92 bits per heavy atom. The summed E-state index contributed by atoms with van der Waals surface area (Å²) in [6, 6.07) is 0. The van der Waals surface area contributed by atoms with E-state index in [1.54, 1.807) is 11.8 Å². The maximum atomic E-state index is 11.4. The van der Waals surface area contributed by atoms with E-state index in [-0.39, 0.29) is 12.3 Å². The number of amides is 1. The van der Waals surface area contributed by atoms with Gasteiger partial charge in [-0.05, 0) is 12.8 Å². The second-order valence-electron chi connectivity index (χ2n) is 3.53. The molecule has 1 rings (SSSR count). The summed E-state index contributed by atoms with van der Waals surface area (Å²) < 4.78 is 0. The molecule has 0 radical (unpaired) electrons. The number of carbonyl (C=O) groups excluding carboxylic acids is 1. The third-order valence-corrected chi connectivity index (χ3v) is 2.36. The second kappa shape index (κ2) is 4.25. The van der Waals surface area contributed by atoms with Crippen molar-refractivity contribution in [3.8, 4) is 0 Å². The van der Waals surface area contributed by atoms with Gasteiger partial charge in [-0.1, -0.05) is 6.92 Å². The van der Waals surface area contributed by atoms with Gasteiger partial charge in [0.2, 0.25) is 5.91 Å². The highest BCUT2D eigenvalue weighted by Gasteiger charge is 2.22. The van der Waals surface area contributed by atoms with Gasteiger partial charge in [-0.2, -0.15) is 0 Å². The summed E-state index contributed by atoms with van der Waals surface area (Å²) in [6.07, 6.45) is 2.23. The number of nitrogens with zero attached hydrogens (tertiary/aromatic N) is 1. The van der Waals surface area contributed by atoms with E-state index >= 15 is 0 Å². The number of likely N-dealkylation sites (tertiary alicyclic amines) is 1. The molecule has 1 fully saturated rings. The summed E-state index contributed by atoms with van der Waals surface area (Å²) in [5.41, 5.74) is 0. The van der Waals surface area contributed by atoms with Gasteiger partial charge in [0.1, 0.15) is 0 Å². The van der Waals surface area contributed by atoms with Gasteiger partial charge in [-0.3, -0.25) is 9.59 Å². The minimum absolute atomic E-state index is 0.0209. The molecule has 4 heteroatoms. The molecule has 1 atom stereocenters. The minimum atomic E-state index is -0.896. The Kier molecular flexibility index (Phi) is 3.28. The van der Waals surface area contributed by atoms with Crippen LogP contribution in [0.3, 0.4) is 0 Å². The van der Waals surface area contributed by atoms with E-state index in [0.717, 1.165) is 25.9 Å². The van der Waals surface area contributed by atoms with Crippen LogP contribution in [0.5, 0.6) is 0 Å². The number of carbonyl (C=O) groups is 2. The first-order valence-electron chi connectivity index (χ1n) is 4.62. The first-order valence-corrected chi connectivity index (χ1v) is 4.62. The van der Waals surface area contributed by atoms with Gasteiger partial charge in [0.15, 0.2) is 0 Å². The monoisotopic (exact) mass is 185 g/mol. The number of hydrogen-bond donors (Lipinski definition) is 1. The van der Waals surface area contributed by atoms with Crippen LogP contribution in [0.25, 0.3) is 0 Å². The Morgan fingerprint density at radius 3 is 2.38 bits per heavy atom. The molecule has 0 spiro atoms. The Hall–Kier alpha value is -1.06. The largest absolute Gasteiger partial charge is 0.481 e. The highest BCUT2D eigenvalue weighted by molar-refractivity contribution is 5.82. The van der Waals surface area contributed by atoms with Gasteiger partial charge < -0.3 is 10.0 Å². The molecule has 1 aliphatic heterocycles. The standard InChI is InChI=1S/C9H15NO3/c1-7(9(12)13)6-8(11)10-4-2-3-5-10/h7H,2-6H2,1H3,(H,12,13). The van der Waals surface area contributed by atoms with E-state index in [1.807, 2.05) is 0 Å². The first kappa shape index (κ1) is 10.0. The molecule has 0 aromatic carbocycles. The third kappa shape index (κ3) is 2.72. The maximum absolute atomic E-state index is 11.4. The number of carboxylic acids is 1. The lowest BCUT2D eigenvalue weighted by atomic mass is 10.1. The van der Waals surface area contributed by atoms with E-state index in [9.17, 15) is 9.59 Å². The lowest BCUT2D eigenvalue weighted by molar-refractivity contribution is -0.145. The minimum Gasteiger partial charge on any atom is -0.481 e. The summed E-state index contributed by atoms with van der Waals surface area (Å²) in [7, 11) is 0. The van der Waals surface area contributed by atoms with Crippen LogP contribution in [0.2, 0.25) is 0 Å². The highest BCUT2D eigenvalue weighted by atomic mass is 16.4. The number of aliphatic carboxylic acids is 1. The Balaban J connectivity index is 2.35. The van der Waals surface area contributed by atoms with Crippen LogP contribution in [-0.2, 0) is 9.59 Å². The molecule has 0 aromatic heterocycles. The average Bonchev–Trinajstić information content (AvgIpc) is 2.55. The molecule has 0 aromatic rings. The molecule has 1 heterocycles. The Labute approximate surface area is 77.5 Å². The van der Waals surface area contributed by atoms with Gasteiger partial charge in [0.25, 0.3) is 0 Å². The quantitative estimate of drug-likeness (QED) is 0.704. The maximum Gasteiger partial charge on any atom is 0.306 e. The van der Waals surface area contributed by atoms with Gasteiger partial charge in [-0.15, -0.1) is 0 Å². The van der Waals surface area contributed by atoms with E-state index in [2.05, 4.69) is 0 Å². The number of hydrogen-bond acceptors (Lipinski definition) is 2. The summed E-state index contributed by atoms with van der Waals surface area (Å²) in [5.74, 6) is -1.48. The van der Waals surface area contributed by atoms with Gasteiger partial charge in [0.05, 0.1) is 5.92 Å². The molecular weight excluding hydrogens is 170 g/mol. The van der Waals surface area contributed by atoms with Crippen LogP contribution >= 0.6 is 0 Å². The van der Waals surface area contributed by atoms with Crippen molar-refractivity contribution in [1.82, 2.24) is 4.90 Å². The van der Waals surface area contributed by atoms with Crippen molar-refractivity contribution in [2.75, 3.05) is 13.1 Å². The topological polar surface area (TPSA) is 57.6 Å². The lowest BCUT2D eigenvalue weighted by Gasteiger charge is -2.16. The fourth-order valence-corrected chi connectivity index (χ4v) is 1.44. The van der Waals surface area contributed by atoms with Crippen LogP contribution in [-0.4, -0.2) is 35.0 Å².